The minimum atomic E-state index is -2.14. The number of carbonyl (C=O) groups is 1. The van der Waals surface area contributed by atoms with Crippen molar-refractivity contribution >= 4 is 41.7 Å². The van der Waals surface area contributed by atoms with Crippen molar-refractivity contribution in [2.24, 2.45) is 5.41 Å². The van der Waals surface area contributed by atoms with Gasteiger partial charge >= 0.3 is 12.1 Å². The SMILES string of the molecule is COCOc1cc(-c2cc3c4c(nc(OCC5(CN6CCOCC6)CC5)nc4c2F)N2[C@H]4C[C@@H]([C@@H]2CO3)N(C(=O)OC(C)(C)C)C4)c2c(C#C[Si](C(C)C)(C(C)C)C(C)C)cccc2c1. The van der Waals surface area contributed by atoms with Crippen LogP contribution in [-0.4, -0.2) is 124 Å². The molecule has 0 radical (unpaired) electrons. The van der Waals surface area contributed by atoms with Crippen molar-refractivity contribution in [1.82, 2.24) is 19.8 Å². The standard InChI is InChI=1S/C51H66FN5O7Si/c1-31(2)65(32(3)4,33(5)6)21-14-34-12-11-13-35-22-37(63-30-59-10)24-38(43(34)35)39-25-42-44-46(45(39)52)53-48(62-29-51(15-16-51)28-55-17-19-60-20-18-55)54-47(44)57-36-23-40(41(57)27-61-42)56(26-36)49(58)64-50(7,8)9/h11-13,22,24-25,31-33,36,40-41H,15-20,23,26-30H2,1-10H3/t36-,40-,41-/m0/s1. The van der Waals surface area contributed by atoms with Gasteiger partial charge in [0.15, 0.2) is 12.6 Å². The second kappa shape index (κ2) is 17.5. The molecule has 4 aromatic rings. The molecule has 1 aromatic heterocycles. The van der Waals surface area contributed by atoms with Crippen LogP contribution in [-0.2, 0) is 14.2 Å². The maximum atomic E-state index is 18.2. The monoisotopic (exact) mass is 907 g/mol. The molecule has 0 spiro atoms. The quantitative estimate of drug-likeness (QED) is 0.0771. The van der Waals surface area contributed by atoms with Gasteiger partial charge in [-0.1, -0.05) is 59.6 Å². The number of hydrogen-bond donors (Lipinski definition) is 0. The van der Waals surface area contributed by atoms with Gasteiger partial charge in [0.2, 0.25) is 0 Å². The first-order valence-corrected chi connectivity index (χ1v) is 25.9. The summed E-state index contributed by atoms with van der Waals surface area (Å²) in [4.78, 5) is 30.2. The molecule has 3 atom stereocenters. The molecule has 348 valence electrons. The largest absolute Gasteiger partial charge is 0.490 e. The van der Waals surface area contributed by atoms with E-state index in [4.69, 9.17) is 38.4 Å². The van der Waals surface area contributed by atoms with Crippen LogP contribution in [0.15, 0.2) is 36.4 Å². The number of fused-ring (bicyclic) bond motifs is 7. The number of methoxy groups -OCH3 is 1. The summed E-state index contributed by atoms with van der Waals surface area (Å²) in [6.45, 7) is 24.8. The number of hydrogen-bond acceptors (Lipinski definition) is 11. The van der Waals surface area contributed by atoms with Crippen LogP contribution in [0, 0.1) is 22.7 Å². The Kier molecular flexibility index (Phi) is 12.3. The lowest BCUT2D eigenvalue weighted by Crippen LogP contribution is -2.57. The number of aromatic nitrogens is 2. The van der Waals surface area contributed by atoms with Crippen LogP contribution in [0.5, 0.6) is 17.5 Å². The van der Waals surface area contributed by atoms with Crippen LogP contribution >= 0.6 is 0 Å². The van der Waals surface area contributed by atoms with E-state index in [9.17, 15) is 4.79 Å². The number of halogens is 1. The highest BCUT2D eigenvalue weighted by molar-refractivity contribution is 6.90. The first-order chi connectivity index (χ1) is 31.0. The van der Waals surface area contributed by atoms with E-state index in [1.165, 1.54) is 0 Å². The fourth-order valence-electron chi connectivity index (χ4n) is 11.4. The Morgan fingerprint density at radius 2 is 1.71 bits per heavy atom. The summed E-state index contributed by atoms with van der Waals surface area (Å²) in [5, 5.41) is 2.17. The molecule has 0 unspecified atom stereocenters. The van der Waals surface area contributed by atoms with Crippen molar-refractivity contribution in [3.05, 3.63) is 47.8 Å². The maximum absolute atomic E-state index is 18.2. The summed E-state index contributed by atoms with van der Waals surface area (Å²) in [6.07, 6.45) is 2.44. The lowest BCUT2D eigenvalue weighted by Gasteiger charge is -2.40. The third-order valence-electron chi connectivity index (χ3n) is 14.6. The second-order valence-electron chi connectivity index (χ2n) is 20.9. The number of piperazine rings is 1. The molecule has 2 bridgehead atoms. The predicted octanol–water partition coefficient (Wildman–Crippen LogP) is 9.59. The van der Waals surface area contributed by atoms with Gasteiger partial charge in [0, 0.05) is 55.2 Å². The van der Waals surface area contributed by atoms with Gasteiger partial charge in [-0.2, -0.15) is 9.97 Å². The smallest absolute Gasteiger partial charge is 0.410 e. The fourth-order valence-corrected chi connectivity index (χ4v) is 16.6. The van der Waals surface area contributed by atoms with E-state index in [-0.39, 0.29) is 54.6 Å². The Balaban J connectivity index is 1.20. The highest BCUT2D eigenvalue weighted by atomic mass is 28.3. The van der Waals surface area contributed by atoms with Crippen LogP contribution in [0.25, 0.3) is 32.8 Å². The highest BCUT2D eigenvalue weighted by Gasteiger charge is 2.55. The van der Waals surface area contributed by atoms with Crippen LogP contribution in [0.1, 0.15) is 87.1 Å². The number of anilines is 1. The molecule has 3 aromatic carbocycles. The minimum Gasteiger partial charge on any atom is -0.490 e. The normalized spacial score (nSPS) is 21.4. The van der Waals surface area contributed by atoms with Gasteiger partial charge in [-0.25, -0.2) is 9.18 Å². The zero-order valence-corrected chi connectivity index (χ0v) is 40.9. The Hall–Kier alpha value is -4.68. The van der Waals surface area contributed by atoms with Gasteiger partial charge in [-0.15, -0.1) is 5.54 Å². The van der Waals surface area contributed by atoms with Crippen molar-refractivity contribution in [3.8, 4) is 40.1 Å². The first kappa shape index (κ1) is 45.5. The minimum absolute atomic E-state index is 0.0223. The molecule has 4 fully saturated rings. The third-order valence-corrected chi connectivity index (χ3v) is 20.9. The molecule has 5 heterocycles. The Morgan fingerprint density at radius 1 is 0.969 bits per heavy atom. The molecule has 5 aliphatic rings. The maximum Gasteiger partial charge on any atom is 0.410 e. The summed E-state index contributed by atoms with van der Waals surface area (Å²) in [6, 6.07) is 11.3. The van der Waals surface area contributed by atoms with Gasteiger partial charge in [0.1, 0.15) is 43.1 Å². The Bertz CT molecular complexity index is 2500. The van der Waals surface area contributed by atoms with Crippen molar-refractivity contribution in [2.75, 3.05) is 71.4 Å². The number of ether oxygens (including phenoxy) is 6. The van der Waals surface area contributed by atoms with E-state index in [1.807, 2.05) is 56.0 Å². The van der Waals surface area contributed by atoms with Crippen molar-refractivity contribution in [2.45, 2.75) is 122 Å². The Labute approximate surface area is 384 Å². The van der Waals surface area contributed by atoms with E-state index >= 15 is 4.39 Å². The summed E-state index contributed by atoms with van der Waals surface area (Å²) >= 11 is 0. The van der Waals surface area contributed by atoms with Crippen LogP contribution in [0.4, 0.5) is 15.0 Å². The zero-order valence-electron chi connectivity index (χ0n) is 39.9. The molecule has 9 rings (SSSR count). The van der Waals surface area contributed by atoms with Gasteiger partial charge < -0.3 is 38.2 Å². The van der Waals surface area contributed by atoms with Gasteiger partial charge in [0.05, 0.1) is 43.3 Å². The molecular weight excluding hydrogens is 842 g/mol. The Morgan fingerprint density at radius 3 is 2.38 bits per heavy atom. The molecule has 12 nitrogen and oxygen atoms in total. The van der Waals surface area contributed by atoms with Gasteiger partial charge in [-0.3, -0.25) is 4.90 Å². The highest BCUT2D eigenvalue weighted by Crippen LogP contribution is 2.51. The fraction of sp³-hybridized carbons (Fsp3) is 0.588. The van der Waals surface area contributed by atoms with E-state index < -0.39 is 19.5 Å². The molecule has 14 heteroatoms. The van der Waals surface area contributed by atoms with Crippen molar-refractivity contribution in [1.29, 1.82) is 0 Å². The summed E-state index contributed by atoms with van der Waals surface area (Å²) in [7, 11) is -0.563. The number of carbonyl (C=O) groups excluding carboxylic acids is 1. The first-order valence-electron chi connectivity index (χ1n) is 23.6. The number of likely N-dealkylation sites (tertiary alicyclic amines) is 1. The average Bonchev–Trinajstić information content (AvgIpc) is 3.80. The van der Waals surface area contributed by atoms with Gasteiger partial charge in [-0.05, 0) is 91.9 Å². The van der Waals surface area contributed by atoms with E-state index in [1.54, 1.807) is 13.2 Å². The number of morpholine rings is 1. The third kappa shape index (κ3) is 8.51. The lowest BCUT2D eigenvalue weighted by molar-refractivity contribution is 0.0167. The number of benzene rings is 3. The molecule has 0 N–H and O–H groups in total. The molecule has 65 heavy (non-hydrogen) atoms. The molecule has 1 amide bonds. The zero-order chi connectivity index (χ0) is 46.0. The van der Waals surface area contributed by atoms with E-state index in [0.29, 0.717) is 70.0 Å². The predicted molar refractivity (Wildman–Crippen MR) is 254 cm³/mol. The molecule has 4 aliphatic heterocycles. The number of rotatable bonds is 12. The average molecular weight is 908 g/mol. The molecule has 1 saturated carbocycles. The van der Waals surface area contributed by atoms with Crippen molar-refractivity contribution in [3.63, 3.8) is 0 Å². The summed E-state index contributed by atoms with van der Waals surface area (Å²) in [5.74, 6) is 4.74. The van der Waals surface area contributed by atoms with E-state index in [0.717, 1.165) is 62.0 Å². The second-order valence-corrected chi connectivity index (χ2v) is 26.5. The molecule has 1 aliphatic carbocycles. The summed E-state index contributed by atoms with van der Waals surface area (Å²) in [5.41, 5.74) is 6.41. The number of nitrogens with zero attached hydrogens (tertiary/aromatic N) is 5. The molecule has 3 saturated heterocycles. The van der Waals surface area contributed by atoms with E-state index in [2.05, 4.69) is 62.8 Å². The van der Waals surface area contributed by atoms with Crippen LogP contribution in [0.3, 0.4) is 0 Å². The van der Waals surface area contributed by atoms with Gasteiger partial charge in [0.25, 0.3) is 0 Å². The van der Waals surface area contributed by atoms with Crippen molar-refractivity contribution < 1.29 is 37.6 Å². The number of amides is 1. The molecular formula is C51H66FN5O7Si. The lowest BCUT2D eigenvalue weighted by atomic mass is 9.93. The topological polar surface area (TPSA) is 108 Å². The van der Waals surface area contributed by atoms with Crippen LogP contribution < -0.4 is 19.1 Å². The van der Waals surface area contributed by atoms with Crippen LogP contribution in [0.2, 0.25) is 16.6 Å². The summed E-state index contributed by atoms with van der Waals surface area (Å²) < 4.78 is 54.5.